The standard InChI is InChI=1S/C14H13N3O2/c1-10(18)17-13(11-4-2-6-15-9-11)8-12(16-17)14-5-3-7-19-14/h2-7,9,13H,8H2,1H3. The topological polar surface area (TPSA) is 58.7 Å². The third-order valence-electron chi connectivity index (χ3n) is 3.11. The van der Waals surface area contributed by atoms with E-state index >= 15 is 0 Å². The number of nitrogens with zero attached hydrogens (tertiary/aromatic N) is 3. The Hall–Kier alpha value is -2.43. The Morgan fingerprint density at radius 2 is 2.32 bits per heavy atom. The summed E-state index contributed by atoms with van der Waals surface area (Å²) >= 11 is 0. The summed E-state index contributed by atoms with van der Waals surface area (Å²) in [6.45, 7) is 1.51. The van der Waals surface area contributed by atoms with Gasteiger partial charge in [-0.05, 0) is 23.8 Å². The van der Waals surface area contributed by atoms with E-state index in [0.29, 0.717) is 12.2 Å². The predicted octanol–water partition coefficient (Wildman–Crippen LogP) is 2.37. The van der Waals surface area contributed by atoms with E-state index in [-0.39, 0.29) is 11.9 Å². The smallest absolute Gasteiger partial charge is 0.240 e. The second kappa shape index (κ2) is 4.68. The number of pyridine rings is 1. The molecule has 0 radical (unpaired) electrons. The van der Waals surface area contributed by atoms with Crippen molar-refractivity contribution >= 4 is 11.6 Å². The van der Waals surface area contributed by atoms with E-state index in [1.165, 1.54) is 11.9 Å². The van der Waals surface area contributed by atoms with Crippen molar-refractivity contribution in [1.29, 1.82) is 0 Å². The molecule has 3 rings (SSSR count). The number of aromatic nitrogens is 1. The summed E-state index contributed by atoms with van der Waals surface area (Å²) in [4.78, 5) is 15.8. The molecule has 1 amide bonds. The summed E-state index contributed by atoms with van der Waals surface area (Å²) in [5, 5.41) is 5.86. The van der Waals surface area contributed by atoms with Crippen LogP contribution >= 0.6 is 0 Å². The van der Waals surface area contributed by atoms with Crippen LogP contribution in [0.3, 0.4) is 0 Å². The van der Waals surface area contributed by atoms with Crippen LogP contribution in [0.15, 0.2) is 52.4 Å². The molecule has 2 aromatic rings. The molecule has 1 aliphatic rings. The van der Waals surface area contributed by atoms with Gasteiger partial charge in [0.05, 0.1) is 12.3 Å². The minimum absolute atomic E-state index is 0.0876. The van der Waals surface area contributed by atoms with Crippen molar-refractivity contribution in [3.8, 4) is 0 Å². The van der Waals surface area contributed by atoms with Gasteiger partial charge >= 0.3 is 0 Å². The van der Waals surface area contributed by atoms with Gasteiger partial charge in [0, 0.05) is 25.7 Å². The van der Waals surface area contributed by atoms with Crippen LogP contribution in [0.1, 0.15) is 30.7 Å². The van der Waals surface area contributed by atoms with E-state index in [0.717, 1.165) is 11.3 Å². The van der Waals surface area contributed by atoms with Gasteiger partial charge in [-0.15, -0.1) is 0 Å². The molecule has 2 aromatic heterocycles. The first-order valence-corrected chi connectivity index (χ1v) is 6.07. The van der Waals surface area contributed by atoms with Crippen molar-refractivity contribution in [2.75, 3.05) is 0 Å². The Morgan fingerprint density at radius 1 is 1.42 bits per heavy atom. The minimum atomic E-state index is -0.105. The third kappa shape index (κ3) is 2.14. The normalized spacial score (nSPS) is 18.5. The molecule has 0 saturated carbocycles. The van der Waals surface area contributed by atoms with Crippen molar-refractivity contribution < 1.29 is 9.21 Å². The fourth-order valence-corrected chi connectivity index (χ4v) is 2.22. The lowest BCUT2D eigenvalue weighted by molar-refractivity contribution is -0.130. The van der Waals surface area contributed by atoms with Crippen LogP contribution in [0.5, 0.6) is 0 Å². The summed E-state index contributed by atoms with van der Waals surface area (Å²) in [6, 6.07) is 7.37. The molecule has 3 heterocycles. The second-order valence-corrected chi connectivity index (χ2v) is 4.39. The van der Waals surface area contributed by atoms with Crippen molar-refractivity contribution in [3.05, 3.63) is 54.2 Å². The first-order valence-electron chi connectivity index (χ1n) is 6.07. The summed E-state index contributed by atoms with van der Waals surface area (Å²) in [5.41, 5.74) is 1.76. The van der Waals surface area contributed by atoms with E-state index in [4.69, 9.17) is 4.42 Å². The van der Waals surface area contributed by atoms with E-state index < -0.39 is 0 Å². The van der Waals surface area contributed by atoms with Gasteiger partial charge in [0.1, 0.15) is 11.5 Å². The van der Waals surface area contributed by atoms with Crippen LogP contribution in [0.2, 0.25) is 0 Å². The van der Waals surface area contributed by atoms with Crippen LogP contribution in [-0.2, 0) is 4.79 Å². The number of amides is 1. The van der Waals surface area contributed by atoms with E-state index in [9.17, 15) is 4.79 Å². The molecule has 0 N–H and O–H groups in total. The number of rotatable bonds is 2. The van der Waals surface area contributed by atoms with Crippen LogP contribution in [0, 0.1) is 0 Å². The minimum Gasteiger partial charge on any atom is -0.463 e. The average Bonchev–Trinajstić information content (AvgIpc) is 3.08. The highest BCUT2D eigenvalue weighted by Gasteiger charge is 2.32. The molecule has 0 saturated heterocycles. The van der Waals surface area contributed by atoms with Gasteiger partial charge < -0.3 is 4.42 Å². The third-order valence-corrected chi connectivity index (χ3v) is 3.11. The van der Waals surface area contributed by atoms with Gasteiger partial charge in [-0.1, -0.05) is 6.07 Å². The highest BCUT2D eigenvalue weighted by atomic mass is 16.3. The quantitative estimate of drug-likeness (QED) is 0.827. The number of hydrogen-bond acceptors (Lipinski definition) is 4. The summed E-state index contributed by atoms with van der Waals surface area (Å²) in [5.74, 6) is 0.619. The Morgan fingerprint density at radius 3 is 2.95 bits per heavy atom. The number of carbonyl (C=O) groups excluding carboxylic acids is 1. The molecule has 0 aromatic carbocycles. The summed E-state index contributed by atoms with van der Waals surface area (Å²) in [7, 11) is 0. The molecule has 0 aliphatic carbocycles. The fourth-order valence-electron chi connectivity index (χ4n) is 2.22. The number of furan rings is 1. The zero-order chi connectivity index (χ0) is 13.2. The largest absolute Gasteiger partial charge is 0.463 e. The Labute approximate surface area is 110 Å². The van der Waals surface area contributed by atoms with Gasteiger partial charge in [-0.3, -0.25) is 9.78 Å². The predicted molar refractivity (Wildman–Crippen MR) is 69.4 cm³/mol. The number of hydrogen-bond donors (Lipinski definition) is 0. The lowest BCUT2D eigenvalue weighted by Gasteiger charge is -2.19. The lowest BCUT2D eigenvalue weighted by atomic mass is 10.0. The Kier molecular flexibility index (Phi) is 2.87. The van der Waals surface area contributed by atoms with Gasteiger partial charge in [0.15, 0.2) is 0 Å². The highest BCUT2D eigenvalue weighted by molar-refractivity contribution is 6.00. The van der Waals surface area contributed by atoms with Crippen molar-refractivity contribution in [2.24, 2.45) is 5.10 Å². The molecule has 1 unspecified atom stereocenters. The Balaban J connectivity index is 1.94. The highest BCUT2D eigenvalue weighted by Crippen LogP contribution is 2.32. The van der Waals surface area contributed by atoms with Crippen LogP contribution in [0.4, 0.5) is 0 Å². The number of carbonyl (C=O) groups is 1. The first-order chi connectivity index (χ1) is 9.25. The zero-order valence-corrected chi connectivity index (χ0v) is 10.5. The fraction of sp³-hybridized carbons (Fsp3) is 0.214. The van der Waals surface area contributed by atoms with E-state index in [1.807, 2.05) is 24.3 Å². The zero-order valence-electron chi connectivity index (χ0n) is 10.5. The molecule has 0 bridgehead atoms. The molecular formula is C14H13N3O2. The van der Waals surface area contributed by atoms with Gasteiger partial charge in [-0.2, -0.15) is 5.10 Å². The van der Waals surface area contributed by atoms with Crippen LogP contribution < -0.4 is 0 Å². The Bertz CT molecular complexity index is 605. The van der Waals surface area contributed by atoms with Crippen molar-refractivity contribution in [2.45, 2.75) is 19.4 Å². The van der Waals surface area contributed by atoms with Crippen molar-refractivity contribution in [1.82, 2.24) is 9.99 Å². The van der Waals surface area contributed by atoms with Crippen LogP contribution in [0.25, 0.3) is 0 Å². The molecule has 96 valence electrons. The molecule has 0 spiro atoms. The van der Waals surface area contributed by atoms with Gasteiger partial charge in [-0.25, -0.2) is 5.01 Å². The molecule has 19 heavy (non-hydrogen) atoms. The molecule has 1 aliphatic heterocycles. The monoisotopic (exact) mass is 255 g/mol. The van der Waals surface area contributed by atoms with E-state index in [1.54, 1.807) is 18.7 Å². The summed E-state index contributed by atoms with van der Waals surface area (Å²) in [6.07, 6.45) is 5.72. The van der Waals surface area contributed by atoms with Crippen LogP contribution in [-0.4, -0.2) is 21.6 Å². The lowest BCUT2D eigenvalue weighted by Crippen LogP contribution is -2.24. The molecule has 0 fully saturated rings. The molecule has 5 nitrogen and oxygen atoms in total. The number of hydrazone groups is 1. The average molecular weight is 255 g/mol. The van der Waals surface area contributed by atoms with Crippen molar-refractivity contribution in [3.63, 3.8) is 0 Å². The maximum atomic E-state index is 11.7. The molecule has 1 atom stereocenters. The van der Waals surface area contributed by atoms with Gasteiger partial charge in [0.2, 0.25) is 5.91 Å². The maximum Gasteiger partial charge on any atom is 0.240 e. The summed E-state index contributed by atoms with van der Waals surface area (Å²) < 4.78 is 5.35. The maximum absolute atomic E-state index is 11.7. The first kappa shape index (κ1) is 11.6. The SMILES string of the molecule is CC(=O)N1N=C(c2ccco2)CC1c1cccnc1. The molecular weight excluding hydrogens is 242 g/mol. The molecule has 5 heteroatoms. The van der Waals surface area contributed by atoms with E-state index in [2.05, 4.69) is 10.1 Å². The second-order valence-electron chi connectivity index (χ2n) is 4.39. The van der Waals surface area contributed by atoms with Gasteiger partial charge in [0.25, 0.3) is 0 Å².